The SMILES string of the molecule is CN=C(NCC1CN2CCCC2CO1)NCC1(c2ccccc2F)CC1. The van der Waals surface area contributed by atoms with Crippen molar-refractivity contribution < 1.29 is 9.13 Å². The van der Waals surface area contributed by atoms with Crippen molar-refractivity contribution in [3.05, 3.63) is 35.6 Å². The number of morpholine rings is 1. The third-order valence-corrected chi connectivity index (χ3v) is 6.08. The Morgan fingerprint density at radius 3 is 2.96 bits per heavy atom. The van der Waals surface area contributed by atoms with Gasteiger partial charge in [-0.15, -0.1) is 0 Å². The normalized spacial score (nSPS) is 27.8. The molecular formula is C20H29FN4O. The van der Waals surface area contributed by atoms with Crippen LogP contribution in [0, 0.1) is 5.82 Å². The van der Waals surface area contributed by atoms with Crippen LogP contribution in [0.3, 0.4) is 0 Å². The Kier molecular flexibility index (Phi) is 5.14. The lowest BCUT2D eigenvalue weighted by Crippen LogP contribution is -2.51. The summed E-state index contributed by atoms with van der Waals surface area (Å²) in [5.74, 6) is 0.658. The number of nitrogens with zero attached hydrogens (tertiary/aromatic N) is 2. The van der Waals surface area contributed by atoms with Gasteiger partial charge in [0.15, 0.2) is 5.96 Å². The molecule has 2 unspecified atom stereocenters. The summed E-state index contributed by atoms with van der Waals surface area (Å²) in [6.45, 7) is 4.48. The van der Waals surface area contributed by atoms with Crippen LogP contribution in [-0.4, -0.2) is 62.8 Å². The van der Waals surface area contributed by atoms with Gasteiger partial charge in [0.25, 0.3) is 0 Å². The van der Waals surface area contributed by atoms with Gasteiger partial charge in [0.05, 0.1) is 12.7 Å². The van der Waals surface area contributed by atoms with E-state index in [1.165, 1.54) is 19.4 Å². The molecule has 2 saturated heterocycles. The number of ether oxygens (including phenoxy) is 1. The van der Waals surface area contributed by atoms with Crippen molar-refractivity contribution in [2.75, 3.05) is 39.8 Å². The fraction of sp³-hybridized carbons (Fsp3) is 0.650. The average Bonchev–Trinajstić information content (AvgIpc) is 3.30. The Hall–Kier alpha value is -1.66. The fourth-order valence-corrected chi connectivity index (χ4v) is 4.28. The molecule has 2 heterocycles. The van der Waals surface area contributed by atoms with Crippen LogP contribution in [0.2, 0.25) is 0 Å². The van der Waals surface area contributed by atoms with Gasteiger partial charge in [0.2, 0.25) is 0 Å². The van der Waals surface area contributed by atoms with E-state index in [1.54, 1.807) is 19.2 Å². The Labute approximate surface area is 155 Å². The molecule has 0 bridgehead atoms. The van der Waals surface area contributed by atoms with E-state index in [9.17, 15) is 4.39 Å². The zero-order chi connectivity index (χ0) is 18.0. The standard InChI is InChI=1S/C20H29FN4O/c1-22-19(23-11-16-12-25-10-4-5-15(25)13-26-16)24-14-20(8-9-20)17-6-2-3-7-18(17)21/h2-3,6-7,15-16H,4-5,8-14H2,1H3,(H2,22,23,24). The predicted octanol–water partition coefficient (Wildman–Crippen LogP) is 1.89. The Balaban J connectivity index is 1.27. The highest BCUT2D eigenvalue weighted by Gasteiger charge is 2.45. The number of rotatable bonds is 5. The first-order chi connectivity index (χ1) is 12.7. The summed E-state index contributed by atoms with van der Waals surface area (Å²) in [6.07, 6.45) is 4.78. The van der Waals surface area contributed by atoms with Gasteiger partial charge in [-0.05, 0) is 43.9 Å². The van der Waals surface area contributed by atoms with Crippen molar-refractivity contribution in [1.29, 1.82) is 0 Å². The van der Waals surface area contributed by atoms with E-state index in [1.807, 2.05) is 12.1 Å². The molecule has 26 heavy (non-hydrogen) atoms. The van der Waals surface area contributed by atoms with Gasteiger partial charge in [0.1, 0.15) is 5.82 Å². The number of guanidine groups is 1. The first-order valence-corrected chi connectivity index (χ1v) is 9.75. The van der Waals surface area contributed by atoms with Gasteiger partial charge in [-0.25, -0.2) is 4.39 Å². The second-order valence-electron chi connectivity index (χ2n) is 7.81. The number of halogens is 1. The van der Waals surface area contributed by atoms with Gasteiger partial charge in [-0.2, -0.15) is 0 Å². The summed E-state index contributed by atoms with van der Waals surface area (Å²) in [5.41, 5.74) is 0.728. The molecule has 1 saturated carbocycles. The molecule has 3 fully saturated rings. The number of hydrogen-bond acceptors (Lipinski definition) is 3. The monoisotopic (exact) mass is 360 g/mol. The average molecular weight is 360 g/mol. The summed E-state index contributed by atoms with van der Waals surface area (Å²) >= 11 is 0. The minimum absolute atomic E-state index is 0.0902. The van der Waals surface area contributed by atoms with Crippen LogP contribution in [0.25, 0.3) is 0 Å². The van der Waals surface area contributed by atoms with Crippen LogP contribution < -0.4 is 10.6 Å². The minimum atomic E-state index is -0.106. The fourth-order valence-electron chi connectivity index (χ4n) is 4.28. The molecular weight excluding hydrogens is 331 g/mol. The van der Waals surface area contributed by atoms with Crippen molar-refractivity contribution in [3.63, 3.8) is 0 Å². The molecule has 5 nitrogen and oxygen atoms in total. The summed E-state index contributed by atoms with van der Waals surface area (Å²) in [7, 11) is 1.77. The van der Waals surface area contributed by atoms with Crippen LogP contribution in [0.1, 0.15) is 31.2 Å². The van der Waals surface area contributed by atoms with E-state index in [0.717, 1.165) is 44.1 Å². The van der Waals surface area contributed by atoms with Crippen molar-refractivity contribution in [2.24, 2.45) is 4.99 Å². The predicted molar refractivity (Wildman–Crippen MR) is 101 cm³/mol. The quantitative estimate of drug-likeness (QED) is 0.622. The highest BCUT2D eigenvalue weighted by Crippen LogP contribution is 2.48. The van der Waals surface area contributed by atoms with Gasteiger partial charge < -0.3 is 15.4 Å². The van der Waals surface area contributed by atoms with Crippen LogP contribution >= 0.6 is 0 Å². The molecule has 0 aromatic heterocycles. The zero-order valence-electron chi connectivity index (χ0n) is 15.5. The lowest BCUT2D eigenvalue weighted by molar-refractivity contribution is -0.0453. The number of hydrogen-bond donors (Lipinski definition) is 2. The topological polar surface area (TPSA) is 48.9 Å². The molecule has 0 radical (unpaired) electrons. The van der Waals surface area contributed by atoms with Gasteiger partial charge >= 0.3 is 0 Å². The number of nitrogens with one attached hydrogen (secondary N) is 2. The molecule has 4 rings (SSSR count). The van der Waals surface area contributed by atoms with Crippen LogP contribution in [0.4, 0.5) is 4.39 Å². The maximum atomic E-state index is 14.1. The van der Waals surface area contributed by atoms with E-state index in [-0.39, 0.29) is 17.3 Å². The number of benzene rings is 1. The Bertz CT molecular complexity index is 661. The van der Waals surface area contributed by atoms with Crippen molar-refractivity contribution >= 4 is 5.96 Å². The molecule has 6 heteroatoms. The second-order valence-corrected chi connectivity index (χ2v) is 7.81. The summed E-state index contributed by atoms with van der Waals surface area (Å²) in [6, 6.07) is 7.74. The van der Waals surface area contributed by atoms with E-state index in [0.29, 0.717) is 12.6 Å². The van der Waals surface area contributed by atoms with E-state index in [4.69, 9.17) is 4.74 Å². The molecule has 2 N–H and O–H groups in total. The molecule has 142 valence electrons. The molecule has 0 amide bonds. The summed E-state index contributed by atoms with van der Waals surface area (Å²) < 4.78 is 20.1. The lowest BCUT2D eigenvalue weighted by atomic mass is 9.95. The second kappa shape index (κ2) is 7.53. The maximum Gasteiger partial charge on any atom is 0.191 e. The minimum Gasteiger partial charge on any atom is -0.373 e. The smallest absolute Gasteiger partial charge is 0.191 e. The third-order valence-electron chi connectivity index (χ3n) is 6.08. The van der Waals surface area contributed by atoms with Crippen LogP contribution in [-0.2, 0) is 10.2 Å². The van der Waals surface area contributed by atoms with E-state index < -0.39 is 0 Å². The first kappa shape index (κ1) is 17.7. The van der Waals surface area contributed by atoms with E-state index >= 15 is 0 Å². The molecule has 1 aromatic rings. The first-order valence-electron chi connectivity index (χ1n) is 9.75. The lowest BCUT2D eigenvalue weighted by Gasteiger charge is -2.35. The molecule has 2 atom stereocenters. The van der Waals surface area contributed by atoms with Crippen LogP contribution in [0.5, 0.6) is 0 Å². The summed E-state index contributed by atoms with van der Waals surface area (Å²) in [5, 5.41) is 6.77. The molecule has 1 aromatic carbocycles. The summed E-state index contributed by atoms with van der Waals surface area (Å²) in [4.78, 5) is 6.86. The molecule has 0 spiro atoms. The van der Waals surface area contributed by atoms with Crippen molar-refractivity contribution in [3.8, 4) is 0 Å². The molecule has 1 aliphatic carbocycles. The molecule has 2 aliphatic heterocycles. The van der Waals surface area contributed by atoms with Crippen molar-refractivity contribution in [1.82, 2.24) is 15.5 Å². The third kappa shape index (κ3) is 3.71. The van der Waals surface area contributed by atoms with Gasteiger partial charge in [-0.3, -0.25) is 9.89 Å². The molecule has 3 aliphatic rings. The Morgan fingerprint density at radius 2 is 2.19 bits per heavy atom. The van der Waals surface area contributed by atoms with Gasteiger partial charge in [0, 0.05) is 38.1 Å². The number of aliphatic imine (C=N–C) groups is 1. The highest BCUT2D eigenvalue weighted by molar-refractivity contribution is 5.79. The number of fused-ring (bicyclic) bond motifs is 1. The zero-order valence-corrected chi connectivity index (χ0v) is 15.5. The van der Waals surface area contributed by atoms with E-state index in [2.05, 4.69) is 20.5 Å². The largest absolute Gasteiger partial charge is 0.373 e. The van der Waals surface area contributed by atoms with Gasteiger partial charge in [-0.1, -0.05) is 18.2 Å². The maximum absolute atomic E-state index is 14.1. The Morgan fingerprint density at radius 1 is 1.35 bits per heavy atom. The highest BCUT2D eigenvalue weighted by atomic mass is 19.1. The van der Waals surface area contributed by atoms with Crippen molar-refractivity contribution in [2.45, 2.75) is 43.2 Å². The van der Waals surface area contributed by atoms with Crippen LogP contribution in [0.15, 0.2) is 29.3 Å².